The van der Waals surface area contributed by atoms with Gasteiger partial charge in [-0.2, -0.15) is 0 Å². The molecule has 94 valence electrons. The molecule has 0 aromatic rings. The first-order valence-corrected chi connectivity index (χ1v) is 6.20. The lowest BCUT2D eigenvalue weighted by atomic mass is 10.0. The summed E-state index contributed by atoms with van der Waals surface area (Å²) in [5.74, 6) is 0.313. The van der Waals surface area contributed by atoms with Crippen LogP contribution in [0.1, 0.15) is 33.6 Å². The summed E-state index contributed by atoms with van der Waals surface area (Å²) in [6, 6.07) is 0. The average molecular weight is 226 g/mol. The Bertz CT molecular complexity index is 224. The van der Waals surface area contributed by atoms with Gasteiger partial charge in [0.25, 0.3) is 0 Å². The quantitative estimate of drug-likeness (QED) is 0.558. The SMILES string of the molecule is CC(C)(C)N1CCN(CCCC(=N)N)CC1. The maximum Gasteiger partial charge on any atom is 0.0905 e. The number of rotatable bonds is 4. The molecular weight excluding hydrogens is 200 g/mol. The van der Waals surface area contributed by atoms with Crippen LogP contribution in [0, 0.1) is 5.41 Å². The predicted octanol–water partition coefficient (Wildman–Crippen LogP) is 1.12. The minimum absolute atomic E-state index is 0.297. The summed E-state index contributed by atoms with van der Waals surface area (Å²) in [6.07, 6.45) is 1.75. The molecule has 1 rings (SSSR count). The summed E-state index contributed by atoms with van der Waals surface area (Å²) in [5.41, 5.74) is 5.64. The smallest absolute Gasteiger partial charge is 0.0905 e. The molecular formula is C12H26N4. The van der Waals surface area contributed by atoms with Gasteiger partial charge in [-0.3, -0.25) is 10.3 Å². The first-order valence-electron chi connectivity index (χ1n) is 6.20. The van der Waals surface area contributed by atoms with Crippen molar-refractivity contribution >= 4 is 5.84 Å². The van der Waals surface area contributed by atoms with Gasteiger partial charge in [0, 0.05) is 38.1 Å². The van der Waals surface area contributed by atoms with E-state index in [1.54, 1.807) is 0 Å². The van der Waals surface area contributed by atoms with Gasteiger partial charge in [-0.1, -0.05) is 0 Å². The second-order valence-electron chi connectivity index (χ2n) is 5.63. The molecule has 0 radical (unpaired) electrons. The molecule has 0 aromatic heterocycles. The van der Waals surface area contributed by atoms with Crippen molar-refractivity contribution in [3.63, 3.8) is 0 Å². The fraction of sp³-hybridized carbons (Fsp3) is 0.917. The van der Waals surface area contributed by atoms with Crippen LogP contribution in [0.25, 0.3) is 0 Å². The molecule has 4 heteroatoms. The van der Waals surface area contributed by atoms with Crippen LogP contribution in [-0.4, -0.2) is 53.9 Å². The highest BCUT2D eigenvalue weighted by Gasteiger charge is 2.25. The zero-order valence-electron chi connectivity index (χ0n) is 10.9. The Morgan fingerprint density at radius 3 is 2.19 bits per heavy atom. The molecule has 1 heterocycles. The zero-order valence-corrected chi connectivity index (χ0v) is 10.9. The molecule has 3 N–H and O–H groups in total. The highest BCUT2D eigenvalue weighted by Crippen LogP contribution is 2.15. The van der Waals surface area contributed by atoms with E-state index in [0.29, 0.717) is 11.4 Å². The van der Waals surface area contributed by atoms with E-state index in [1.165, 1.54) is 0 Å². The summed E-state index contributed by atoms with van der Waals surface area (Å²) < 4.78 is 0. The van der Waals surface area contributed by atoms with Crippen molar-refractivity contribution in [3.05, 3.63) is 0 Å². The van der Waals surface area contributed by atoms with Gasteiger partial charge in [0.15, 0.2) is 0 Å². The number of nitrogens with one attached hydrogen (secondary N) is 1. The van der Waals surface area contributed by atoms with E-state index in [0.717, 1.165) is 45.6 Å². The lowest BCUT2D eigenvalue weighted by Gasteiger charge is -2.42. The van der Waals surface area contributed by atoms with Crippen molar-refractivity contribution in [1.29, 1.82) is 5.41 Å². The van der Waals surface area contributed by atoms with Crippen molar-refractivity contribution in [2.75, 3.05) is 32.7 Å². The monoisotopic (exact) mass is 226 g/mol. The van der Waals surface area contributed by atoms with Crippen LogP contribution in [0.2, 0.25) is 0 Å². The molecule has 1 aliphatic rings. The van der Waals surface area contributed by atoms with E-state index in [-0.39, 0.29) is 0 Å². The second-order valence-corrected chi connectivity index (χ2v) is 5.63. The molecule has 0 bridgehead atoms. The van der Waals surface area contributed by atoms with E-state index < -0.39 is 0 Å². The van der Waals surface area contributed by atoms with Gasteiger partial charge in [-0.25, -0.2) is 0 Å². The summed E-state index contributed by atoms with van der Waals surface area (Å²) in [7, 11) is 0. The number of hydrogen-bond acceptors (Lipinski definition) is 3. The maximum absolute atomic E-state index is 7.18. The lowest BCUT2D eigenvalue weighted by molar-refractivity contribution is 0.0621. The van der Waals surface area contributed by atoms with Crippen molar-refractivity contribution in [2.24, 2.45) is 5.73 Å². The Labute approximate surface area is 99.3 Å². The third-order valence-corrected chi connectivity index (χ3v) is 3.24. The summed E-state index contributed by atoms with van der Waals surface area (Å²) in [6.45, 7) is 12.5. The Kier molecular flexibility index (Phi) is 4.74. The summed E-state index contributed by atoms with van der Waals surface area (Å²) in [4.78, 5) is 5.01. The molecule has 1 aliphatic heterocycles. The summed E-state index contributed by atoms with van der Waals surface area (Å²) >= 11 is 0. The number of hydrogen-bond donors (Lipinski definition) is 2. The Morgan fingerprint density at radius 1 is 1.19 bits per heavy atom. The minimum atomic E-state index is 0.297. The molecule has 0 saturated carbocycles. The number of nitrogens with two attached hydrogens (primary N) is 1. The maximum atomic E-state index is 7.18. The topological polar surface area (TPSA) is 56.4 Å². The Hall–Kier alpha value is -0.610. The molecule has 0 aromatic carbocycles. The number of piperazine rings is 1. The number of nitrogens with zero attached hydrogens (tertiary/aromatic N) is 2. The van der Waals surface area contributed by atoms with Crippen LogP contribution >= 0.6 is 0 Å². The van der Waals surface area contributed by atoms with Gasteiger partial charge in [0.1, 0.15) is 0 Å². The Morgan fingerprint density at radius 2 is 1.75 bits per heavy atom. The van der Waals surface area contributed by atoms with Gasteiger partial charge in [0.05, 0.1) is 5.84 Å². The molecule has 4 nitrogen and oxygen atoms in total. The van der Waals surface area contributed by atoms with Gasteiger partial charge >= 0.3 is 0 Å². The van der Waals surface area contributed by atoms with Gasteiger partial charge in [0.2, 0.25) is 0 Å². The summed E-state index contributed by atoms with van der Waals surface area (Å²) in [5, 5.41) is 7.18. The zero-order chi connectivity index (χ0) is 12.2. The molecule has 0 aliphatic carbocycles. The standard InChI is InChI=1S/C12H26N4/c1-12(2,3)16-9-7-15(8-10-16)6-4-5-11(13)14/h4-10H2,1-3H3,(H3,13,14). The lowest BCUT2D eigenvalue weighted by Crippen LogP contribution is -2.53. The molecule has 0 unspecified atom stereocenters. The van der Waals surface area contributed by atoms with Crippen LogP contribution in [0.3, 0.4) is 0 Å². The van der Waals surface area contributed by atoms with Crippen LogP contribution in [0.15, 0.2) is 0 Å². The minimum Gasteiger partial charge on any atom is -0.388 e. The van der Waals surface area contributed by atoms with E-state index in [4.69, 9.17) is 11.1 Å². The van der Waals surface area contributed by atoms with Crippen LogP contribution in [-0.2, 0) is 0 Å². The molecule has 1 fully saturated rings. The van der Waals surface area contributed by atoms with Gasteiger partial charge in [-0.15, -0.1) is 0 Å². The fourth-order valence-corrected chi connectivity index (χ4v) is 2.14. The van der Waals surface area contributed by atoms with Crippen molar-refractivity contribution < 1.29 is 0 Å². The molecule has 0 amide bonds. The highest BCUT2D eigenvalue weighted by atomic mass is 15.3. The first-order chi connectivity index (χ1) is 7.39. The molecule has 0 atom stereocenters. The second kappa shape index (κ2) is 5.64. The van der Waals surface area contributed by atoms with Crippen molar-refractivity contribution in [2.45, 2.75) is 39.2 Å². The largest absolute Gasteiger partial charge is 0.388 e. The third-order valence-electron chi connectivity index (χ3n) is 3.24. The van der Waals surface area contributed by atoms with E-state index in [2.05, 4.69) is 30.6 Å². The molecule has 0 spiro atoms. The van der Waals surface area contributed by atoms with E-state index >= 15 is 0 Å². The van der Waals surface area contributed by atoms with E-state index in [9.17, 15) is 0 Å². The first kappa shape index (κ1) is 13.5. The van der Waals surface area contributed by atoms with Crippen LogP contribution in [0.5, 0.6) is 0 Å². The molecule has 1 saturated heterocycles. The highest BCUT2D eigenvalue weighted by molar-refractivity contribution is 5.76. The van der Waals surface area contributed by atoms with Gasteiger partial charge in [-0.05, 0) is 33.7 Å². The number of amidine groups is 1. The van der Waals surface area contributed by atoms with Crippen molar-refractivity contribution in [1.82, 2.24) is 9.80 Å². The van der Waals surface area contributed by atoms with Crippen LogP contribution in [0.4, 0.5) is 0 Å². The van der Waals surface area contributed by atoms with Crippen LogP contribution < -0.4 is 5.73 Å². The van der Waals surface area contributed by atoms with E-state index in [1.807, 2.05) is 0 Å². The normalized spacial score (nSPS) is 19.9. The average Bonchev–Trinajstić information content (AvgIpc) is 2.16. The van der Waals surface area contributed by atoms with Gasteiger partial charge < -0.3 is 10.6 Å². The third kappa shape index (κ3) is 4.49. The predicted molar refractivity (Wildman–Crippen MR) is 68.9 cm³/mol. The fourth-order valence-electron chi connectivity index (χ4n) is 2.14. The van der Waals surface area contributed by atoms with Crippen molar-refractivity contribution in [3.8, 4) is 0 Å². The molecule has 16 heavy (non-hydrogen) atoms. The Balaban J connectivity index is 2.19.